The van der Waals surface area contributed by atoms with E-state index in [1.54, 1.807) is 0 Å². The van der Waals surface area contributed by atoms with Gasteiger partial charge in [-0.1, -0.05) is 0 Å². The summed E-state index contributed by atoms with van der Waals surface area (Å²) in [6, 6.07) is 6.46. The molecule has 0 aliphatic carbocycles. The molecule has 1 N–H and O–H groups in total. The van der Waals surface area contributed by atoms with Gasteiger partial charge in [-0.2, -0.15) is 0 Å². The van der Waals surface area contributed by atoms with Gasteiger partial charge in [0.15, 0.2) is 0 Å². The first-order valence-electron chi connectivity index (χ1n) is 7.45. The maximum absolute atomic E-state index is 4.61. The Morgan fingerprint density at radius 2 is 2.05 bits per heavy atom. The van der Waals surface area contributed by atoms with E-state index in [4.69, 9.17) is 0 Å². The molecule has 0 amide bonds. The van der Waals surface area contributed by atoms with Gasteiger partial charge in [-0.15, -0.1) is 11.8 Å². The highest BCUT2D eigenvalue weighted by atomic mass is 32.2. The number of aromatic nitrogens is 2. The number of anilines is 2. The van der Waals surface area contributed by atoms with Crippen LogP contribution in [0.3, 0.4) is 0 Å². The van der Waals surface area contributed by atoms with Gasteiger partial charge in [-0.05, 0) is 55.2 Å². The van der Waals surface area contributed by atoms with Gasteiger partial charge in [-0.3, -0.25) is 9.97 Å². The van der Waals surface area contributed by atoms with Gasteiger partial charge in [-0.25, -0.2) is 0 Å². The van der Waals surface area contributed by atoms with E-state index >= 15 is 0 Å². The van der Waals surface area contributed by atoms with Crippen LogP contribution >= 0.6 is 11.8 Å². The highest BCUT2D eigenvalue weighted by Gasteiger charge is 2.18. The smallest absolute Gasteiger partial charge is 0.0726 e. The number of hydrogen-bond acceptors (Lipinski definition) is 4. The molecular formula is C18H17N3S. The van der Waals surface area contributed by atoms with E-state index in [0.29, 0.717) is 0 Å². The normalized spacial score (nSPS) is 13.4. The number of fused-ring (bicyclic) bond motifs is 3. The Hall–Kier alpha value is -2.07. The van der Waals surface area contributed by atoms with Crippen LogP contribution in [0.1, 0.15) is 16.7 Å². The second-order valence-electron chi connectivity index (χ2n) is 5.73. The Balaban J connectivity index is 1.92. The minimum Gasteiger partial charge on any atom is -0.353 e. The second kappa shape index (κ2) is 5.29. The van der Waals surface area contributed by atoms with Crippen LogP contribution in [0.15, 0.2) is 41.7 Å². The summed E-state index contributed by atoms with van der Waals surface area (Å²) in [4.78, 5) is 10.3. The lowest BCUT2D eigenvalue weighted by Gasteiger charge is -2.15. The molecule has 3 heterocycles. The average molecular weight is 307 g/mol. The number of rotatable bonds is 2. The Bertz CT molecular complexity index is 874. The molecular weight excluding hydrogens is 290 g/mol. The average Bonchev–Trinajstić information content (AvgIpc) is 2.98. The van der Waals surface area contributed by atoms with Gasteiger partial charge in [0.25, 0.3) is 0 Å². The number of pyridine rings is 2. The summed E-state index contributed by atoms with van der Waals surface area (Å²) in [6.45, 7) is 4.17. The SMILES string of the molecule is Cc1cncc(Nc2c(C)cnc3ccc4c(c23)CCS4)c1. The second-order valence-corrected chi connectivity index (χ2v) is 6.86. The lowest BCUT2D eigenvalue weighted by molar-refractivity contribution is 1.16. The topological polar surface area (TPSA) is 37.8 Å². The summed E-state index contributed by atoms with van der Waals surface area (Å²) >= 11 is 1.94. The van der Waals surface area contributed by atoms with Crippen molar-refractivity contribution in [2.75, 3.05) is 11.1 Å². The van der Waals surface area contributed by atoms with E-state index in [1.807, 2.05) is 30.4 Å². The first-order chi connectivity index (χ1) is 10.7. The molecule has 3 nitrogen and oxygen atoms in total. The summed E-state index contributed by atoms with van der Waals surface area (Å²) in [5.41, 5.74) is 7.01. The molecule has 22 heavy (non-hydrogen) atoms. The van der Waals surface area contributed by atoms with Crippen LogP contribution in [0.25, 0.3) is 10.9 Å². The highest BCUT2D eigenvalue weighted by Crippen LogP contribution is 2.40. The van der Waals surface area contributed by atoms with Crippen molar-refractivity contribution in [2.45, 2.75) is 25.2 Å². The minimum atomic E-state index is 1.03. The van der Waals surface area contributed by atoms with Crippen LogP contribution in [0.5, 0.6) is 0 Å². The van der Waals surface area contributed by atoms with Crippen molar-refractivity contribution in [3.63, 3.8) is 0 Å². The zero-order chi connectivity index (χ0) is 15.1. The van der Waals surface area contributed by atoms with Crippen molar-refractivity contribution in [2.24, 2.45) is 0 Å². The lowest BCUT2D eigenvalue weighted by atomic mass is 10.0. The molecule has 1 aromatic carbocycles. The number of nitrogens with one attached hydrogen (secondary N) is 1. The summed E-state index contributed by atoms with van der Waals surface area (Å²) in [5.74, 6) is 1.16. The largest absolute Gasteiger partial charge is 0.353 e. The molecule has 1 aliphatic heterocycles. The molecule has 2 aromatic heterocycles. The van der Waals surface area contributed by atoms with Crippen molar-refractivity contribution in [1.82, 2.24) is 9.97 Å². The number of hydrogen-bond donors (Lipinski definition) is 1. The van der Waals surface area contributed by atoms with Crippen molar-refractivity contribution in [1.29, 1.82) is 0 Å². The van der Waals surface area contributed by atoms with E-state index in [9.17, 15) is 0 Å². The molecule has 0 fully saturated rings. The molecule has 0 atom stereocenters. The van der Waals surface area contributed by atoms with Crippen LogP contribution in [0.2, 0.25) is 0 Å². The maximum Gasteiger partial charge on any atom is 0.0726 e. The molecule has 110 valence electrons. The molecule has 0 spiro atoms. The summed E-state index contributed by atoms with van der Waals surface area (Å²) in [6.07, 6.45) is 6.80. The van der Waals surface area contributed by atoms with Gasteiger partial charge < -0.3 is 5.32 Å². The minimum absolute atomic E-state index is 1.03. The van der Waals surface area contributed by atoms with E-state index in [-0.39, 0.29) is 0 Å². The molecule has 4 heteroatoms. The molecule has 1 aliphatic rings. The third-order valence-corrected chi connectivity index (χ3v) is 5.15. The van der Waals surface area contributed by atoms with Crippen molar-refractivity contribution in [3.05, 3.63) is 53.5 Å². The van der Waals surface area contributed by atoms with Gasteiger partial charge in [0.2, 0.25) is 0 Å². The van der Waals surface area contributed by atoms with E-state index in [2.05, 4.69) is 47.3 Å². The standard InChI is InChI=1S/C18H17N3S/c1-11-7-13(10-19-8-11)21-18-12(2)9-20-15-3-4-16-14(17(15)18)5-6-22-16/h3-4,7-10H,5-6H2,1-2H3,(H,20,21). The Kier molecular flexibility index (Phi) is 3.26. The molecule has 0 saturated heterocycles. The maximum atomic E-state index is 4.61. The lowest BCUT2D eigenvalue weighted by Crippen LogP contribution is -1.99. The zero-order valence-corrected chi connectivity index (χ0v) is 13.5. The Morgan fingerprint density at radius 1 is 1.14 bits per heavy atom. The highest BCUT2D eigenvalue weighted by molar-refractivity contribution is 7.99. The predicted octanol–water partition coefficient (Wildman–Crippen LogP) is 4.64. The molecule has 0 radical (unpaired) electrons. The molecule has 3 aromatic rings. The van der Waals surface area contributed by atoms with E-state index in [1.165, 1.54) is 21.4 Å². The van der Waals surface area contributed by atoms with Gasteiger partial charge >= 0.3 is 0 Å². The molecule has 4 rings (SSSR count). The van der Waals surface area contributed by atoms with Crippen molar-refractivity contribution < 1.29 is 0 Å². The zero-order valence-electron chi connectivity index (χ0n) is 12.7. The molecule has 0 saturated carbocycles. The fourth-order valence-corrected chi connectivity index (χ4v) is 4.07. The Labute approximate surface area is 134 Å². The first kappa shape index (κ1) is 13.6. The number of aryl methyl sites for hydroxylation is 3. The summed E-state index contributed by atoms with van der Waals surface area (Å²) in [5, 5.41) is 4.84. The summed E-state index contributed by atoms with van der Waals surface area (Å²) < 4.78 is 0. The Morgan fingerprint density at radius 3 is 2.91 bits per heavy atom. The monoisotopic (exact) mass is 307 g/mol. The fourth-order valence-electron chi connectivity index (χ4n) is 3.01. The predicted molar refractivity (Wildman–Crippen MR) is 93.2 cm³/mol. The van der Waals surface area contributed by atoms with Gasteiger partial charge in [0.05, 0.1) is 23.1 Å². The van der Waals surface area contributed by atoms with Crippen LogP contribution in [-0.4, -0.2) is 15.7 Å². The van der Waals surface area contributed by atoms with Crippen molar-refractivity contribution in [3.8, 4) is 0 Å². The van der Waals surface area contributed by atoms with Crippen LogP contribution in [-0.2, 0) is 6.42 Å². The molecule has 0 bridgehead atoms. The number of nitrogens with zero attached hydrogens (tertiary/aromatic N) is 2. The van der Waals surface area contributed by atoms with E-state index in [0.717, 1.165) is 34.6 Å². The first-order valence-corrected chi connectivity index (χ1v) is 8.43. The quantitative estimate of drug-likeness (QED) is 0.748. The third kappa shape index (κ3) is 2.24. The van der Waals surface area contributed by atoms with Gasteiger partial charge in [0.1, 0.15) is 0 Å². The third-order valence-electron chi connectivity index (χ3n) is 4.04. The number of thioether (sulfide) groups is 1. The fraction of sp³-hybridized carbons (Fsp3) is 0.222. The van der Waals surface area contributed by atoms with Crippen LogP contribution in [0, 0.1) is 13.8 Å². The summed E-state index contributed by atoms with van der Waals surface area (Å²) in [7, 11) is 0. The van der Waals surface area contributed by atoms with Crippen LogP contribution in [0.4, 0.5) is 11.4 Å². The molecule has 0 unspecified atom stereocenters. The van der Waals surface area contributed by atoms with E-state index < -0.39 is 0 Å². The van der Waals surface area contributed by atoms with Crippen LogP contribution < -0.4 is 5.32 Å². The number of benzene rings is 1. The van der Waals surface area contributed by atoms with Gasteiger partial charge in [0, 0.05) is 28.4 Å². The van der Waals surface area contributed by atoms with Crippen molar-refractivity contribution >= 4 is 34.0 Å².